The molecule has 29 heavy (non-hydrogen) atoms. The number of aromatic nitrogens is 3. The minimum absolute atomic E-state index is 0.358. The number of fused-ring (bicyclic) bond motifs is 3. The molecule has 0 aliphatic rings. The van der Waals surface area contributed by atoms with Crippen molar-refractivity contribution in [2.24, 2.45) is 0 Å². The van der Waals surface area contributed by atoms with Gasteiger partial charge in [-0.3, -0.25) is 0 Å². The summed E-state index contributed by atoms with van der Waals surface area (Å²) >= 11 is 0. The van der Waals surface area contributed by atoms with E-state index in [1.165, 1.54) is 0 Å². The first-order valence-electron chi connectivity index (χ1n) is 9.56. The number of nitrogens with two attached hydrogens (primary N) is 1. The quantitative estimate of drug-likeness (QED) is 0.440. The second-order valence-corrected chi connectivity index (χ2v) is 6.60. The summed E-state index contributed by atoms with van der Waals surface area (Å²) in [6, 6.07) is 17.7. The first kappa shape index (κ1) is 19.2. The molecule has 4 aromatic rings. The Morgan fingerprint density at radius 1 is 0.931 bits per heavy atom. The third-order valence-electron chi connectivity index (χ3n) is 4.68. The maximum Gasteiger partial charge on any atom is 0.152 e. The molecular weight excluding hydrogens is 368 g/mol. The fourth-order valence-corrected chi connectivity index (χ4v) is 3.33. The zero-order chi connectivity index (χ0) is 20.1. The van der Waals surface area contributed by atoms with Gasteiger partial charge >= 0.3 is 0 Å². The smallest absolute Gasteiger partial charge is 0.152 e. The topological polar surface area (TPSA) is 84.4 Å². The molecule has 2 N–H and O–H groups in total. The summed E-state index contributed by atoms with van der Waals surface area (Å²) in [5.41, 5.74) is 8.71. The third-order valence-corrected chi connectivity index (χ3v) is 4.68. The molecule has 0 aliphatic heterocycles. The van der Waals surface area contributed by atoms with Crippen LogP contribution in [0.1, 0.15) is 5.82 Å². The molecule has 0 saturated carbocycles. The molecule has 7 nitrogen and oxygen atoms in total. The van der Waals surface area contributed by atoms with E-state index < -0.39 is 0 Å². The van der Waals surface area contributed by atoms with Gasteiger partial charge in [-0.1, -0.05) is 36.4 Å². The number of anilines is 1. The number of ether oxygens (including phenoxy) is 3. The van der Waals surface area contributed by atoms with Crippen LogP contribution in [-0.2, 0) is 22.6 Å². The maximum absolute atomic E-state index is 6.22. The van der Waals surface area contributed by atoms with Gasteiger partial charge in [0.15, 0.2) is 5.82 Å². The molecule has 2 aromatic carbocycles. The third kappa shape index (κ3) is 4.16. The number of rotatable bonds is 9. The van der Waals surface area contributed by atoms with Gasteiger partial charge in [0.2, 0.25) is 0 Å². The molecule has 0 spiro atoms. The van der Waals surface area contributed by atoms with E-state index in [2.05, 4.69) is 9.55 Å². The highest BCUT2D eigenvalue weighted by Crippen LogP contribution is 2.29. The first-order chi connectivity index (χ1) is 14.3. The summed E-state index contributed by atoms with van der Waals surface area (Å²) < 4.78 is 18.8. The van der Waals surface area contributed by atoms with E-state index in [0.29, 0.717) is 44.3 Å². The van der Waals surface area contributed by atoms with Crippen molar-refractivity contribution in [2.75, 3.05) is 32.7 Å². The fraction of sp³-hybridized carbons (Fsp3) is 0.273. The number of hydrogen-bond acceptors (Lipinski definition) is 6. The van der Waals surface area contributed by atoms with Crippen molar-refractivity contribution < 1.29 is 14.2 Å². The number of nitrogens with zero attached hydrogens (tertiary/aromatic N) is 3. The van der Waals surface area contributed by atoms with Crippen LogP contribution in [0.3, 0.4) is 0 Å². The molecule has 150 valence electrons. The fourth-order valence-electron chi connectivity index (χ4n) is 3.33. The second-order valence-electron chi connectivity index (χ2n) is 6.60. The van der Waals surface area contributed by atoms with Crippen LogP contribution < -0.4 is 10.5 Å². The Labute approximate surface area is 169 Å². The van der Waals surface area contributed by atoms with Crippen LogP contribution in [0.5, 0.6) is 5.75 Å². The number of pyridine rings is 1. The lowest BCUT2D eigenvalue weighted by Gasteiger charge is -2.12. The lowest BCUT2D eigenvalue weighted by molar-refractivity contribution is 0.0572. The number of methoxy groups -OCH3 is 1. The molecule has 0 aliphatic carbocycles. The molecule has 0 unspecified atom stereocenters. The number of para-hydroxylation sites is 2. The van der Waals surface area contributed by atoms with Crippen molar-refractivity contribution in [3.63, 3.8) is 0 Å². The van der Waals surface area contributed by atoms with Gasteiger partial charge in [-0.2, -0.15) is 0 Å². The number of benzene rings is 2. The minimum atomic E-state index is 0.358. The van der Waals surface area contributed by atoms with Gasteiger partial charge in [0, 0.05) is 12.5 Å². The van der Waals surface area contributed by atoms with E-state index >= 15 is 0 Å². The molecule has 0 fully saturated rings. The average molecular weight is 392 g/mol. The standard InChI is InChI=1S/C22H24N4O3/c1-27-13-14-28-15-19-25-20-21(17-9-5-6-10-18(17)24-22(20)23)26(19)11-12-29-16-7-3-2-4-8-16/h2-10H,11-15H2,1H3,(H2,23,24). The lowest BCUT2D eigenvalue weighted by atomic mass is 10.2. The van der Waals surface area contributed by atoms with Crippen LogP contribution in [0.25, 0.3) is 21.9 Å². The van der Waals surface area contributed by atoms with Crippen molar-refractivity contribution in [2.45, 2.75) is 13.2 Å². The van der Waals surface area contributed by atoms with E-state index in [1.807, 2.05) is 54.6 Å². The average Bonchev–Trinajstić information content (AvgIpc) is 3.11. The Bertz CT molecular complexity index is 1100. The van der Waals surface area contributed by atoms with Crippen molar-refractivity contribution in [1.82, 2.24) is 14.5 Å². The summed E-state index contributed by atoms with van der Waals surface area (Å²) in [4.78, 5) is 9.25. The van der Waals surface area contributed by atoms with Crippen molar-refractivity contribution in [3.05, 3.63) is 60.4 Å². The Kier molecular flexibility index (Phi) is 5.88. The largest absolute Gasteiger partial charge is 0.492 e. The molecule has 0 atom stereocenters. The summed E-state index contributed by atoms with van der Waals surface area (Å²) in [5.74, 6) is 2.04. The Morgan fingerprint density at radius 3 is 2.55 bits per heavy atom. The van der Waals surface area contributed by atoms with Gasteiger partial charge in [-0.15, -0.1) is 0 Å². The number of hydrogen-bond donors (Lipinski definition) is 1. The van der Waals surface area contributed by atoms with Crippen LogP contribution in [0, 0.1) is 0 Å². The van der Waals surface area contributed by atoms with Gasteiger partial charge in [-0.25, -0.2) is 9.97 Å². The highest BCUT2D eigenvalue weighted by Gasteiger charge is 2.17. The monoisotopic (exact) mass is 392 g/mol. The van der Waals surface area contributed by atoms with Crippen LogP contribution in [0.4, 0.5) is 5.82 Å². The van der Waals surface area contributed by atoms with Gasteiger partial charge < -0.3 is 24.5 Å². The molecule has 7 heteroatoms. The van der Waals surface area contributed by atoms with Crippen molar-refractivity contribution >= 4 is 27.8 Å². The van der Waals surface area contributed by atoms with E-state index in [9.17, 15) is 0 Å². The van der Waals surface area contributed by atoms with Gasteiger partial charge in [0.1, 0.15) is 30.3 Å². The summed E-state index contributed by atoms with van der Waals surface area (Å²) in [5, 5.41) is 1.01. The van der Waals surface area contributed by atoms with E-state index in [-0.39, 0.29) is 0 Å². The zero-order valence-corrected chi connectivity index (χ0v) is 16.4. The lowest BCUT2D eigenvalue weighted by Crippen LogP contribution is -2.13. The molecule has 0 saturated heterocycles. The predicted octanol–water partition coefficient (Wildman–Crippen LogP) is 3.41. The molecule has 2 heterocycles. The van der Waals surface area contributed by atoms with Gasteiger partial charge in [-0.05, 0) is 18.2 Å². The van der Waals surface area contributed by atoms with E-state index in [0.717, 1.165) is 28.0 Å². The van der Waals surface area contributed by atoms with Crippen molar-refractivity contribution in [1.29, 1.82) is 0 Å². The van der Waals surface area contributed by atoms with E-state index in [4.69, 9.17) is 24.9 Å². The summed E-state index contributed by atoms with van der Waals surface area (Å²) in [6.07, 6.45) is 0. The Balaban J connectivity index is 1.69. The highest BCUT2D eigenvalue weighted by atomic mass is 16.5. The van der Waals surface area contributed by atoms with Crippen LogP contribution in [0.2, 0.25) is 0 Å². The molecule has 2 aromatic heterocycles. The van der Waals surface area contributed by atoms with E-state index in [1.54, 1.807) is 7.11 Å². The zero-order valence-electron chi connectivity index (χ0n) is 16.4. The molecule has 4 rings (SSSR count). The molecular formula is C22H24N4O3. The number of imidazole rings is 1. The minimum Gasteiger partial charge on any atom is -0.492 e. The Hall–Kier alpha value is -3.16. The van der Waals surface area contributed by atoms with Gasteiger partial charge in [0.25, 0.3) is 0 Å². The van der Waals surface area contributed by atoms with Crippen LogP contribution >= 0.6 is 0 Å². The van der Waals surface area contributed by atoms with Crippen molar-refractivity contribution in [3.8, 4) is 5.75 Å². The normalized spacial score (nSPS) is 11.3. The summed E-state index contributed by atoms with van der Waals surface area (Å²) in [6.45, 7) is 2.49. The molecule has 0 amide bonds. The number of nitrogen functional groups attached to an aromatic ring is 1. The van der Waals surface area contributed by atoms with Crippen LogP contribution in [-0.4, -0.2) is 41.5 Å². The SMILES string of the molecule is COCCOCc1nc2c(N)nc3ccccc3c2n1CCOc1ccccc1. The molecule has 0 bridgehead atoms. The summed E-state index contributed by atoms with van der Waals surface area (Å²) in [7, 11) is 1.65. The second kappa shape index (κ2) is 8.89. The predicted molar refractivity (Wildman–Crippen MR) is 113 cm³/mol. The maximum atomic E-state index is 6.22. The molecule has 0 radical (unpaired) electrons. The first-order valence-corrected chi connectivity index (χ1v) is 9.56. The highest BCUT2D eigenvalue weighted by molar-refractivity contribution is 6.06. The van der Waals surface area contributed by atoms with Crippen LogP contribution in [0.15, 0.2) is 54.6 Å². The Morgan fingerprint density at radius 2 is 1.72 bits per heavy atom. The van der Waals surface area contributed by atoms with Gasteiger partial charge in [0.05, 0.1) is 30.8 Å².